The minimum Gasteiger partial charge on any atom is -0.349 e. The largest absolute Gasteiger partial charge is 0.349 e. The van der Waals surface area contributed by atoms with Gasteiger partial charge in [0.15, 0.2) is 0 Å². The van der Waals surface area contributed by atoms with Gasteiger partial charge in [-0.15, -0.1) is 0 Å². The molecule has 1 amide bonds. The molecule has 0 atom stereocenters. The predicted molar refractivity (Wildman–Crippen MR) is 50.5 cm³/mol. The van der Waals surface area contributed by atoms with Crippen LogP contribution < -0.4 is 5.32 Å². The number of nitrogens with one attached hydrogen (secondary N) is 1. The van der Waals surface area contributed by atoms with E-state index in [1.165, 1.54) is 0 Å². The van der Waals surface area contributed by atoms with Gasteiger partial charge in [-0.3, -0.25) is 4.79 Å². The van der Waals surface area contributed by atoms with Crippen LogP contribution in [-0.2, 0) is 0 Å². The van der Waals surface area contributed by atoms with Crippen LogP contribution in [0.3, 0.4) is 0 Å². The number of hydrogen-bond acceptors (Lipinski definition) is 1. The molecule has 0 bridgehead atoms. The summed E-state index contributed by atoms with van der Waals surface area (Å²) >= 11 is 0. The van der Waals surface area contributed by atoms with Crippen LogP contribution in [0.1, 0.15) is 28.8 Å². The molecule has 1 aromatic rings. The van der Waals surface area contributed by atoms with Crippen molar-refractivity contribution in [3.63, 3.8) is 0 Å². The zero-order valence-electron chi connectivity index (χ0n) is 7.63. The SMILES string of the molecule is Cc1[c]cc(C(=O)NC2CC2)cc1. The first kappa shape index (κ1) is 8.30. The Hall–Kier alpha value is -1.31. The van der Waals surface area contributed by atoms with Crippen LogP contribution in [0.15, 0.2) is 18.2 Å². The quantitative estimate of drug-likeness (QED) is 0.726. The number of aryl methyl sites for hydroxylation is 1. The standard InChI is InChI=1S/C11H12NO/c1-8-2-4-9(5-3-8)11(13)12-10-6-7-10/h2,4-5,10H,6-7H2,1H3,(H,12,13). The first-order valence-corrected chi connectivity index (χ1v) is 4.55. The van der Waals surface area contributed by atoms with Crippen molar-refractivity contribution >= 4 is 5.91 Å². The molecule has 1 aliphatic rings. The highest BCUT2D eigenvalue weighted by molar-refractivity contribution is 5.94. The van der Waals surface area contributed by atoms with Crippen LogP contribution >= 0.6 is 0 Å². The molecule has 1 radical (unpaired) electrons. The smallest absolute Gasteiger partial charge is 0.251 e. The zero-order chi connectivity index (χ0) is 9.26. The normalized spacial score (nSPS) is 15.5. The lowest BCUT2D eigenvalue weighted by molar-refractivity contribution is 0.0951. The van der Waals surface area contributed by atoms with Crippen molar-refractivity contribution in [1.82, 2.24) is 5.32 Å². The number of carbonyl (C=O) groups is 1. The first-order valence-electron chi connectivity index (χ1n) is 4.55. The highest BCUT2D eigenvalue weighted by atomic mass is 16.1. The lowest BCUT2D eigenvalue weighted by Gasteiger charge is -2.02. The van der Waals surface area contributed by atoms with E-state index >= 15 is 0 Å². The average Bonchev–Trinajstić information content (AvgIpc) is 2.89. The van der Waals surface area contributed by atoms with Crippen molar-refractivity contribution in [2.24, 2.45) is 0 Å². The molecule has 13 heavy (non-hydrogen) atoms. The summed E-state index contributed by atoms with van der Waals surface area (Å²) in [6, 6.07) is 8.92. The van der Waals surface area contributed by atoms with Gasteiger partial charge in [-0.05, 0) is 43.5 Å². The summed E-state index contributed by atoms with van der Waals surface area (Å²) in [5.41, 5.74) is 1.76. The third-order valence-electron chi connectivity index (χ3n) is 2.14. The van der Waals surface area contributed by atoms with Crippen LogP contribution in [0.2, 0.25) is 0 Å². The van der Waals surface area contributed by atoms with Crippen LogP contribution in [0.25, 0.3) is 0 Å². The molecule has 0 aromatic heterocycles. The Labute approximate surface area is 78.0 Å². The van der Waals surface area contributed by atoms with Crippen LogP contribution in [0, 0.1) is 13.0 Å². The van der Waals surface area contributed by atoms with Gasteiger partial charge in [0.2, 0.25) is 0 Å². The van der Waals surface area contributed by atoms with Crippen LogP contribution in [0.5, 0.6) is 0 Å². The summed E-state index contributed by atoms with van der Waals surface area (Å²) in [7, 11) is 0. The summed E-state index contributed by atoms with van der Waals surface area (Å²) in [6.07, 6.45) is 2.25. The van der Waals surface area contributed by atoms with Gasteiger partial charge in [-0.1, -0.05) is 6.07 Å². The summed E-state index contributed by atoms with van der Waals surface area (Å²) in [6.45, 7) is 1.96. The molecule has 1 N–H and O–H groups in total. The first-order chi connectivity index (χ1) is 6.25. The molecule has 2 rings (SSSR count). The number of rotatable bonds is 2. The number of carbonyl (C=O) groups excluding carboxylic acids is 1. The Morgan fingerprint density at radius 1 is 1.54 bits per heavy atom. The molecule has 0 saturated heterocycles. The topological polar surface area (TPSA) is 29.1 Å². The van der Waals surface area contributed by atoms with Gasteiger partial charge in [0.25, 0.3) is 5.91 Å². The molecule has 0 spiro atoms. The monoisotopic (exact) mass is 174 g/mol. The Bertz CT molecular complexity index is 311. The van der Waals surface area contributed by atoms with Crippen molar-refractivity contribution < 1.29 is 4.79 Å². The molecule has 1 aliphatic carbocycles. The van der Waals surface area contributed by atoms with E-state index in [1.54, 1.807) is 6.07 Å². The van der Waals surface area contributed by atoms with Crippen LogP contribution in [-0.4, -0.2) is 11.9 Å². The predicted octanol–water partition coefficient (Wildman–Crippen LogP) is 1.69. The fraction of sp³-hybridized carbons (Fsp3) is 0.364. The van der Waals surface area contributed by atoms with Crippen molar-refractivity contribution in [3.8, 4) is 0 Å². The number of benzene rings is 1. The third-order valence-corrected chi connectivity index (χ3v) is 2.14. The second-order valence-corrected chi connectivity index (χ2v) is 3.51. The van der Waals surface area contributed by atoms with Crippen molar-refractivity contribution in [3.05, 3.63) is 35.4 Å². The van der Waals surface area contributed by atoms with Crippen LogP contribution in [0.4, 0.5) is 0 Å². The third kappa shape index (κ3) is 2.08. The summed E-state index contributed by atoms with van der Waals surface area (Å²) < 4.78 is 0. The summed E-state index contributed by atoms with van der Waals surface area (Å²) in [4.78, 5) is 11.5. The Morgan fingerprint density at radius 3 is 2.85 bits per heavy atom. The molecule has 1 fully saturated rings. The van der Waals surface area contributed by atoms with Gasteiger partial charge >= 0.3 is 0 Å². The summed E-state index contributed by atoms with van der Waals surface area (Å²) in [5.74, 6) is 0.0266. The molecule has 0 heterocycles. The summed E-state index contributed by atoms with van der Waals surface area (Å²) in [5, 5.41) is 2.93. The molecule has 67 valence electrons. The molecule has 1 saturated carbocycles. The number of hydrogen-bond donors (Lipinski definition) is 1. The average molecular weight is 174 g/mol. The van der Waals surface area contributed by atoms with Gasteiger partial charge in [0, 0.05) is 11.6 Å². The van der Waals surface area contributed by atoms with Gasteiger partial charge in [-0.25, -0.2) is 0 Å². The minimum atomic E-state index is 0.0266. The maximum atomic E-state index is 11.5. The van der Waals surface area contributed by atoms with Gasteiger partial charge in [0.1, 0.15) is 0 Å². The zero-order valence-corrected chi connectivity index (χ0v) is 7.63. The van der Waals surface area contributed by atoms with E-state index in [0.717, 1.165) is 18.4 Å². The van der Waals surface area contributed by atoms with Gasteiger partial charge in [0.05, 0.1) is 0 Å². The Balaban J connectivity index is 2.05. The van der Waals surface area contributed by atoms with E-state index in [2.05, 4.69) is 11.4 Å². The van der Waals surface area contributed by atoms with E-state index in [0.29, 0.717) is 11.6 Å². The van der Waals surface area contributed by atoms with Crippen molar-refractivity contribution in [2.45, 2.75) is 25.8 Å². The number of amides is 1. The maximum Gasteiger partial charge on any atom is 0.251 e. The highest BCUT2D eigenvalue weighted by Crippen LogP contribution is 2.19. The highest BCUT2D eigenvalue weighted by Gasteiger charge is 2.23. The van der Waals surface area contributed by atoms with E-state index < -0.39 is 0 Å². The van der Waals surface area contributed by atoms with E-state index in [-0.39, 0.29) is 5.91 Å². The van der Waals surface area contributed by atoms with Crippen molar-refractivity contribution in [1.29, 1.82) is 0 Å². The van der Waals surface area contributed by atoms with E-state index in [1.807, 2.05) is 19.1 Å². The lowest BCUT2D eigenvalue weighted by Crippen LogP contribution is -2.25. The molecule has 0 unspecified atom stereocenters. The van der Waals surface area contributed by atoms with E-state index in [4.69, 9.17) is 0 Å². The molecule has 2 nitrogen and oxygen atoms in total. The molecular formula is C11H12NO. The minimum absolute atomic E-state index is 0.0266. The van der Waals surface area contributed by atoms with Gasteiger partial charge in [-0.2, -0.15) is 0 Å². The van der Waals surface area contributed by atoms with E-state index in [9.17, 15) is 4.79 Å². The second-order valence-electron chi connectivity index (χ2n) is 3.51. The molecule has 2 heteroatoms. The molecular weight excluding hydrogens is 162 g/mol. The fourth-order valence-corrected chi connectivity index (χ4v) is 1.14. The van der Waals surface area contributed by atoms with Crippen molar-refractivity contribution in [2.75, 3.05) is 0 Å². The molecule has 0 aliphatic heterocycles. The maximum absolute atomic E-state index is 11.5. The Kier molecular flexibility index (Phi) is 2.05. The second kappa shape index (κ2) is 3.21. The lowest BCUT2D eigenvalue weighted by atomic mass is 10.1. The Morgan fingerprint density at radius 2 is 2.31 bits per heavy atom. The van der Waals surface area contributed by atoms with Gasteiger partial charge < -0.3 is 5.32 Å². The fourth-order valence-electron chi connectivity index (χ4n) is 1.14. The molecule has 1 aromatic carbocycles.